The fraction of sp³-hybridized carbons (Fsp3) is 0.680. The number of piperidine rings is 1. The number of nitrogens with zero attached hydrogens (tertiary/aromatic N) is 3. The van der Waals surface area contributed by atoms with Crippen molar-refractivity contribution < 1.29 is 26.4 Å². The number of unbranched alkanes of at least 4 members (excludes halogenated alkanes) is 1. The summed E-state index contributed by atoms with van der Waals surface area (Å²) in [6, 6.07) is 5.92. The minimum atomic E-state index is -4.00. The third-order valence-corrected chi connectivity index (χ3v) is 10.3. The third kappa shape index (κ3) is 6.64. The van der Waals surface area contributed by atoms with Crippen molar-refractivity contribution in [3.8, 4) is 0 Å². The number of carbonyl (C=O) groups is 2. The zero-order valence-electron chi connectivity index (χ0n) is 22.4. The van der Waals surface area contributed by atoms with Crippen molar-refractivity contribution in [2.75, 3.05) is 35.9 Å². The summed E-state index contributed by atoms with van der Waals surface area (Å²) < 4.78 is 48.5. The summed E-state index contributed by atoms with van der Waals surface area (Å²) in [6.07, 6.45) is 5.20. The van der Waals surface area contributed by atoms with Crippen LogP contribution in [0.15, 0.2) is 24.3 Å². The highest BCUT2D eigenvalue weighted by Gasteiger charge is 2.53. The minimum Gasteiger partial charge on any atom is -0.342 e. The highest BCUT2D eigenvalue weighted by molar-refractivity contribution is 8.09. The molecule has 1 aromatic rings. The van der Waals surface area contributed by atoms with E-state index in [1.165, 1.54) is 12.1 Å². The van der Waals surface area contributed by atoms with E-state index in [0.29, 0.717) is 55.1 Å². The van der Waals surface area contributed by atoms with Crippen LogP contribution in [0.25, 0.3) is 0 Å². The van der Waals surface area contributed by atoms with E-state index < -0.39 is 31.6 Å². The standard InChI is InChI=1S/C25H40N4O6S2/c1-6-7-14-28-23(30)22(17-19(2)3)26-24(31)25(28)12-15-27(16-13-25)18-20-8-10-21(11-9-20)29(36(4,32)33)37(5,34)35/h8-11,19,22H,6-7,12-18H2,1-5H3,(H,26,31). The van der Waals surface area contributed by atoms with Gasteiger partial charge in [0, 0.05) is 26.2 Å². The zero-order chi connectivity index (χ0) is 27.6. The lowest BCUT2D eigenvalue weighted by atomic mass is 9.80. The molecular weight excluding hydrogens is 516 g/mol. The molecule has 2 heterocycles. The first-order chi connectivity index (χ1) is 17.2. The van der Waals surface area contributed by atoms with Gasteiger partial charge in [-0.2, -0.15) is 3.71 Å². The summed E-state index contributed by atoms with van der Waals surface area (Å²) in [5, 5.41) is 3.02. The van der Waals surface area contributed by atoms with Gasteiger partial charge in [-0.15, -0.1) is 0 Å². The Bertz CT molecular complexity index is 1160. The molecule has 1 N–H and O–H groups in total. The predicted molar refractivity (Wildman–Crippen MR) is 144 cm³/mol. The maximum atomic E-state index is 13.4. The van der Waals surface area contributed by atoms with Crippen LogP contribution in [0.4, 0.5) is 5.69 Å². The van der Waals surface area contributed by atoms with E-state index in [1.54, 1.807) is 12.1 Å². The van der Waals surface area contributed by atoms with Crippen molar-refractivity contribution in [3.63, 3.8) is 0 Å². The lowest BCUT2D eigenvalue weighted by molar-refractivity contribution is -0.161. The number of amides is 2. The fourth-order valence-electron chi connectivity index (χ4n) is 5.34. The van der Waals surface area contributed by atoms with Gasteiger partial charge in [0.2, 0.25) is 31.9 Å². The van der Waals surface area contributed by atoms with Gasteiger partial charge in [-0.1, -0.05) is 39.3 Å². The van der Waals surface area contributed by atoms with Gasteiger partial charge in [-0.3, -0.25) is 14.5 Å². The largest absolute Gasteiger partial charge is 0.342 e. The molecule has 2 aliphatic rings. The molecule has 1 spiro atoms. The number of carbonyl (C=O) groups excluding carboxylic acids is 2. The van der Waals surface area contributed by atoms with Gasteiger partial charge in [0.1, 0.15) is 11.6 Å². The second-order valence-electron chi connectivity index (χ2n) is 10.7. The number of piperazine rings is 1. The molecule has 12 heteroatoms. The minimum absolute atomic E-state index is 0.0205. The number of nitrogens with one attached hydrogen (secondary N) is 1. The first kappa shape index (κ1) is 29.4. The Labute approximate surface area is 221 Å². The summed E-state index contributed by atoms with van der Waals surface area (Å²) in [7, 11) is -8.00. The molecular formula is C25H40N4O6S2. The predicted octanol–water partition coefficient (Wildman–Crippen LogP) is 1.92. The quantitative estimate of drug-likeness (QED) is 0.467. The molecule has 3 rings (SSSR count). The van der Waals surface area contributed by atoms with Crippen molar-refractivity contribution in [1.29, 1.82) is 0 Å². The van der Waals surface area contributed by atoms with Gasteiger partial charge >= 0.3 is 0 Å². The van der Waals surface area contributed by atoms with Crippen LogP contribution in [-0.4, -0.2) is 82.2 Å². The smallest absolute Gasteiger partial charge is 0.246 e. The molecule has 0 aromatic heterocycles. The van der Waals surface area contributed by atoms with Crippen molar-refractivity contribution in [1.82, 2.24) is 15.1 Å². The van der Waals surface area contributed by atoms with Gasteiger partial charge in [-0.25, -0.2) is 16.8 Å². The molecule has 2 saturated heterocycles. The summed E-state index contributed by atoms with van der Waals surface area (Å²) >= 11 is 0. The molecule has 2 fully saturated rings. The Balaban J connectivity index is 1.72. The molecule has 2 aliphatic heterocycles. The van der Waals surface area contributed by atoms with Gasteiger partial charge < -0.3 is 10.2 Å². The third-order valence-electron chi connectivity index (χ3n) is 7.09. The highest BCUT2D eigenvalue weighted by Crippen LogP contribution is 2.35. The molecule has 0 bridgehead atoms. The highest BCUT2D eigenvalue weighted by atomic mass is 32.3. The number of rotatable bonds is 10. The van der Waals surface area contributed by atoms with E-state index in [4.69, 9.17) is 0 Å². The van der Waals surface area contributed by atoms with Crippen LogP contribution in [0, 0.1) is 5.92 Å². The average molecular weight is 557 g/mol. The van der Waals surface area contributed by atoms with Gasteiger partial charge in [0.05, 0.1) is 18.2 Å². The zero-order valence-corrected chi connectivity index (χ0v) is 24.1. The Morgan fingerprint density at radius 3 is 2.08 bits per heavy atom. The summed E-state index contributed by atoms with van der Waals surface area (Å²) in [4.78, 5) is 30.8. The Morgan fingerprint density at radius 2 is 1.59 bits per heavy atom. The van der Waals surface area contributed by atoms with Crippen LogP contribution in [-0.2, 0) is 36.2 Å². The Kier molecular flexibility index (Phi) is 8.96. The SMILES string of the molecule is CCCCN1C(=O)C(CC(C)C)NC(=O)C12CCN(Cc1ccc(N(S(C)(=O)=O)S(C)(=O)=O)cc1)CC2. The molecule has 1 aromatic carbocycles. The van der Waals surface area contributed by atoms with E-state index in [9.17, 15) is 26.4 Å². The number of likely N-dealkylation sites (tertiary alicyclic amines) is 1. The number of benzene rings is 1. The Morgan fingerprint density at radius 1 is 1.03 bits per heavy atom. The van der Waals surface area contributed by atoms with Gasteiger partial charge in [-0.05, 0) is 49.3 Å². The van der Waals surface area contributed by atoms with Gasteiger partial charge in [0.15, 0.2) is 0 Å². The number of hydrogen-bond donors (Lipinski definition) is 1. The maximum absolute atomic E-state index is 13.4. The molecule has 10 nitrogen and oxygen atoms in total. The van der Waals surface area contributed by atoms with Crippen molar-refractivity contribution in [2.45, 2.75) is 71.0 Å². The van der Waals surface area contributed by atoms with E-state index in [2.05, 4.69) is 17.1 Å². The van der Waals surface area contributed by atoms with Crippen molar-refractivity contribution >= 4 is 37.5 Å². The molecule has 0 radical (unpaired) electrons. The number of sulfonamides is 2. The van der Waals surface area contributed by atoms with Crippen molar-refractivity contribution in [3.05, 3.63) is 29.8 Å². The summed E-state index contributed by atoms with van der Waals surface area (Å²) in [5.41, 5.74) is 0.128. The molecule has 208 valence electrons. The van der Waals surface area contributed by atoms with E-state index in [-0.39, 0.29) is 17.5 Å². The van der Waals surface area contributed by atoms with Crippen molar-refractivity contribution in [2.24, 2.45) is 5.92 Å². The topological polar surface area (TPSA) is 124 Å². The van der Waals surface area contributed by atoms with Gasteiger partial charge in [0.25, 0.3) is 0 Å². The van der Waals surface area contributed by atoms with Crippen LogP contribution in [0.5, 0.6) is 0 Å². The lowest BCUT2D eigenvalue weighted by Gasteiger charge is -2.52. The molecule has 1 atom stereocenters. The molecule has 37 heavy (non-hydrogen) atoms. The lowest BCUT2D eigenvalue weighted by Crippen LogP contribution is -2.73. The Hall–Kier alpha value is -2.18. The first-order valence-electron chi connectivity index (χ1n) is 12.8. The normalized spacial score (nSPS) is 20.9. The number of anilines is 1. The van der Waals surface area contributed by atoms with E-state index >= 15 is 0 Å². The summed E-state index contributed by atoms with van der Waals surface area (Å²) in [5.74, 6) is 0.262. The average Bonchev–Trinajstić information content (AvgIpc) is 2.78. The monoisotopic (exact) mass is 556 g/mol. The molecule has 1 unspecified atom stereocenters. The van der Waals surface area contributed by atoms with Crippen LogP contribution in [0.2, 0.25) is 0 Å². The van der Waals surface area contributed by atoms with Crippen LogP contribution in [0.1, 0.15) is 58.4 Å². The number of hydrogen-bond acceptors (Lipinski definition) is 7. The first-order valence-corrected chi connectivity index (χ1v) is 16.5. The summed E-state index contributed by atoms with van der Waals surface area (Å²) in [6.45, 7) is 8.56. The van der Waals surface area contributed by atoms with E-state index in [1.807, 2.05) is 18.7 Å². The van der Waals surface area contributed by atoms with Crippen LogP contribution < -0.4 is 9.03 Å². The fourth-order valence-corrected chi connectivity index (χ4v) is 8.31. The van der Waals surface area contributed by atoms with Crippen LogP contribution in [0.3, 0.4) is 0 Å². The second-order valence-corrected chi connectivity index (χ2v) is 14.6. The molecule has 2 amide bonds. The van der Waals surface area contributed by atoms with E-state index in [0.717, 1.165) is 30.9 Å². The second kappa shape index (κ2) is 11.3. The molecule has 0 aliphatic carbocycles. The van der Waals surface area contributed by atoms with Crippen LogP contribution >= 0.6 is 0 Å². The molecule has 0 saturated carbocycles. The maximum Gasteiger partial charge on any atom is 0.246 e.